The zero-order valence-electron chi connectivity index (χ0n) is 13.0. The molecule has 1 aromatic carbocycles. The molecule has 25 heavy (non-hydrogen) atoms. The number of sulfonamides is 1. The number of benzene rings is 1. The third-order valence-corrected chi connectivity index (χ3v) is 5.26. The Bertz CT molecular complexity index is 891. The Morgan fingerprint density at radius 1 is 1.16 bits per heavy atom. The van der Waals surface area contributed by atoms with E-state index in [9.17, 15) is 22.8 Å². The predicted octanol–water partition coefficient (Wildman–Crippen LogP) is 0.770. The summed E-state index contributed by atoms with van der Waals surface area (Å²) in [6, 6.07) is 8.38. The summed E-state index contributed by atoms with van der Waals surface area (Å²) in [5.41, 5.74) is -0.0336. The van der Waals surface area contributed by atoms with E-state index in [2.05, 4.69) is 10.0 Å². The summed E-state index contributed by atoms with van der Waals surface area (Å²) < 4.78 is 30.3. The molecule has 0 saturated heterocycles. The van der Waals surface area contributed by atoms with Gasteiger partial charge in [0.25, 0.3) is 11.8 Å². The lowest BCUT2D eigenvalue weighted by Gasteiger charge is -2.07. The van der Waals surface area contributed by atoms with Crippen LogP contribution in [0.1, 0.15) is 20.0 Å². The first-order valence-corrected chi connectivity index (χ1v) is 9.28. The van der Waals surface area contributed by atoms with Gasteiger partial charge in [-0.1, -0.05) is 12.1 Å². The van der Waals surface area contributed by atoms with E-state index in [4.69, 9.17) is 4.74 Å². The fourth-order valence-corrected chi connectivity index (χ4v) is 3.15. The van der Waals surface area contributed by atoms with Crippen LogP contribution in [0.3, 0.4) is 0 Å². The second-order valence-electron chi connectivity index (χ2n) is 4.67. The van der Waals surface area contributed by atoms with Crippen molar-refractivity contribution in [2.75, 3.05) is 13.7 Å². The number of thiophene rings is 1. The number of nitrogens with one attached hydrogen (secondary N) is 2. The van der Waals surface area contributed by atoms with Gasteiger partial charge in [-0.05, 0) is 36.7 Å². The Hall–Kier alpha value is -2.56. The maximum Gasteiger partial charge on any atom is 0.338 e. The molecule has 0 saturated carbocycles. The maximum atomic E-state index is 11.9. The van der Waals surface area contributed by atoms with Crippen LogP contribution in [-0.4, -0.2) is 39.9 Å². The number of hydrogen-bond acceptors (Lipinski definition) is 7. The molecule has 0 fully saturated rings. The van der Waals surface area contributed by atoms with Gasteiger partial charge in [0.2, 0.25) is 10.0 Å². The number of amides is 2. The van der Waals surface area contributed by atoms with Crippen LogP contribution in [0.15, 0.2) is 46.7 Å². The summed E-state index contributed by atoms with van der Waals surface area (Å²) in [6.45, 7) is -0.668. The minimum atomic E-state index is -3.71. The lowest BCUT2D eigenvalue weighted by atomic mass is 10.2. The summed E-state index contributed by atoms with van der Waals surface area (Å²) in [4.78, 5) is 35.5. The van der Waals surface area contributed by atoms with Gasteiger partial charge in [-0.15, -0.1) is 11.3 Å². The molecule has 1 heterocycles. The average molecular weight is 382 g/mol. The summed E-state index contributed by atoms with van der Waals surface area (Å²) in [6.07, 6.45) is 0. The Balaban J connectivity index is 1.95. The fourth-order valence-electron chi connectivity index (χ4n) is 1.75. The third kappa shape index (κ3) is 4.95. The van der Waals surface area contributed by atoms with Gasteiger partial charge >= 0.3 is 5.97 Å². The van der Waals surface area contributed by atoms with Crippen LogP contribution >= 0.6 is 11.3 Å². The third-order valence-electron chi connectivity index (χ3n) is 2.98. The quantitative estimate of drug-likeness (QED) is 0.713. The van der Waals surface area contributed by atoms with E-state index in [0.717, 1.165) is 6.07 Å². The first kappa shape index (κ1) is 18.8. The van der Waals surface area contributed by atoms with Crippen LogP contribution in [0.5, 0.6) is 0 Å². The number of hydrogen-bond donors (Lipinski definition) is 2. The molecule has 0 aliphatic rings. The van der Waals surface area contributed by atoms with Crippen molar-refractivity contribution in [2.24, 2.45) is 0 Å². The Morgan fingerprint density at radius 3 is 2.56 bits per heavy atom. The Kier molecular flexibility index (Phi) is 6.02. The molecule has 2 aromatic rings. The summed E-state index contributed by atoms with van der Waals surface area (Å²) in [5.74, 6) is -2.25. The molecule has 0 aliphatic heterocycles. The SMILES string of the molecule is CNS(=O)(=O)c1cccc(C(=O)OCC(=O)NC(=O)c2cccs2)c1. The monoisotopic (exact) mass is 382 g/mol. The van der Waals surface area contributed by atoms with E-state index in [1.54, 1.807) is 17.5 Å². The Morgan fingerprint density at radius 2 is 1.92 bits per heavy atom. The highest BCUT2D eigenvalue weighted by atomic mass is 32.2. The molecular formula is C15H14N2O6S2. The molecule has 0 radical (unpaired) electrons. The van der Waals surface area contributed by atoms with Gasteiger partial charge in [0, 0.05) is 0 Å². The van der Waals surface area contributed by atoms with E-state index in [-0.39, 0.29) is 10.5 Å². The van der Waals surface area contributed by atoms with Gasteiger partial charge in [0.05, 0.1) is 15.3 Å². The average Bonchev–Trinajstić information content (AvgIpc) is 3.14. The second-order valence-corrected chi connectivity index (χ2v) is 7.50. The van der Waals surface area contributed by atoms with Crippen LogP contribution in [0, 0.1) is 0 Å². The largest absolute Gasteiger partial charge is 0.452 e. The number of carbonyl (C=O) groups is 3. The van der Waals surface area contributed by atoms with Crippen LogP contribution < -0.4 is 10.0 Å². The Labute approximate surface area is 147 Å². The fraction of sp³-hybridized carbons (Fsp3) is 0.133. The zero-order chi connectivity index (χ0) is 18.4. The maximum absolute atomic E-state index is 11.9. The molecule has 0 atom stereocenters. The first-order valence-electron chi connectivity index (χ1n) is 6.92. The summed E-state index contributed by atoms with van der Waals surface area (Å²) in [7, 11) is -2.46. The smallest absolute Gasteiger partial charge is 0.338 e. The zero-order valence-corrected chi connectivity index (χ0v) is 14.6. The highest BCUT2D eigenvalue weighted by molar-refractivity contribution is 7.89. The number of imide groups is 1. The van der Waals surface area contributed by atoms with Gasteiger partial charge in [0.1, 0.15) is 0 Å². The molecule has 132 valence electrons. The lowest BCUT2D eigenvalue weighted by Crippen LogP contribution is -2.33. The number of ether oxygens (including phenoxy) is 1. The van der Waals surface area contributed by atoms with Crippen molar-refractivity contribution in [3.8, 4) is 0 Å². The van der Waals surface area contributed by atoms with Crippen molar-refractivity contribution in [2.45, 2.75) is 4.90 Å². The molecule has 0 aliphatic carbocycles. The number of rotatable bonds is 6. The van der Waals surface area contributed by atoms with Crippen LogP contribution in [0.4, 0.5) is 0 Å². The molecule has 0 spiro atoms. The van der Waals surface area contributed by atoms with Crippen molar-refractivity contribution in [1.82, 2.24) is 10.0 Å². The van der Waals surface area contributed by atoms with Crippen molar-refractivity contribution < 1.29 is 27.5 Å². The predicted molar refractivity (Wildman–Crippen MR) is 89.8 cm³/mol. The molecular weight excluding hydrogens is 368 g/mol. The number of carbonyl (C=O) groups excluding carboxylic acids is 3. The molecule has 10 heteroatoms. The van der Waals surface area contributed by atoms with E-state index in [1.807, 2.05) is 0 Å². The molecule has 1 aromatic heterocycles. The minimum Gasteiger partial charge on any atom is -0.452 e. The van der Waals surface area contributed by atoms with Crippen molar-refractivity contribution >= 4 is 39.1 Å². The van der Waals surface area contributed by atoms with Gasteiger partial charge in [-0.2, -0.15) is 0 Å². The van der Waals surface area contributed by atoms with E-state index >= 15 is 0 Å². The molecule has 2 amide bonds. The second kappa shape index (κ2) is 8.01. The molecule has 2 rings (SSSR count). The van der Waals surface area contributed by atoms with Gasteiger partial charge < -0.3 is 4.74 Å². The number of esters is 1. The lowest BCUT2D eigenvalue weighted by molar-refractivity contribution is -0.123. The molecule has 0 bridgehead atoms. The summed E-state index contributed by atoms with van der Waals surface area (Å²) in [5, 5.41) is 3.77. The van der Waals surface area contributed by atoms with Crippen molar-refractivity contribution in [3.05, 3.63) is 52.2 Å². The molecule has 8 nitrogen and oxygen atoms in total. The van der Waals surface area contributed by atoms with Crippen molar-refractivity contribution in [1.29, 1.82) is 0 Å². The normalized spacial score (nSPS) is 10.9. The van der Waals surface area contributed by atoms with Crippen LogP contribution in [0.2, 0.25) is 0 Å². The van der Waals surface area contributed by atoms with Crippen molar-refractivity contribution in [3.63, 3.8) is 0 Å². The first-order chi connectivity index (χ1) is 11.8. The standard InChI is InChI=1S/C15H14N2O6S2/c1-16-25(21,22)11-5-2-4-10(8-11)15(20)23-9-13(18)17-14(19)12-6-3-7-24-12/h2-8,16H,9H2,1H3,(H,17,18,19). The molecule has 0 unspecified atom stereocenters. The molecule has 2 N–H and O–H groups in total. The van der Waals surface area contributed by atoms with Gasteiger partial charge in [0.15, 0.2) is 6.61 Å². The highest BCUT2D eigenvalue weighted by Gasteiger charge is 2.17. The van der Waals surface area contributed by atoms with Crippen LogP contribution in [-0.2, 0) is 19.6 Å². The van der Waals surface area contributed by atoms with Gasteiger partial charge in [-0.3, -0.25) is 14.9 Å². The van der Waals surface area contributed by atoms with E-state index in [1.165, 1.54) is 36.6 Å². The topological polar surface area (TPSA) is 119 Å². The van der Waals surface area contributed by atoms with Gasteiger partial charge in [-0.25, -0.2) is 17.9 Å². The summed E-state index contributed by atoms with van der Waals surface area (Å²) >= 11 is 1.17. The van der Waals surface area contributed by atoms with E-state index in [0.29, 0.717) is 4.88 Å². The van der Waals surface area contributed by atoms with E-state index < -0.39 is 34.4 Å². The van der Waals surface area contributed by atoms with Crippen LogP contribution in [0.25, 0.3) is 0 Å². The minimum absolute atomic E-state index is 0.0336. The highest BCUT2D eigenvalue weighted by Crippen LogP contribution is 2.12.